The summed E-state index contributed by atoms with van der Waals surface area (Å²) in [6.45, 7) is 9.80. The molecule has 3 nitrogen and oxygen atoms in total. The van der Waals surface area contributed by atoms with E-state index < -0.39 is 0 Å². The SMILES string of the molecule is CCN(Cc1ccc(N)c2cccnc12)CC(C)C. The van der Waals surface area contributed by atoms with Crippen molar-refractivity contribution in [1.82, 2.24) is 9.88 Å². The van der Waals surface area contributed by atoms with Gasteiger partial charge in [-0.3, -0.25) is 9.88 Å². The molecule has 2 aromatic rings. The van der Waals surface area contributed by atoms with E-state index in [1.54, 1.807) is 0 Å². The molecule has 0 bridgehead atoms. The Morgan fingerprint density at radius 3 is 2.74 bits per heavy atom. The molecule has 0 amide bonds. The first-order chi connectivity index (χ1) is 9.11. The Morgan fingerprint density at radius 1 is 1.26 bits per heavy atom. The largest absolute Gasteiger partial charge is 0.398 e. The van der Waals surface area contributed by atoms with Crippen LogP contribution in [-0.4, -0.2) is 23.0 Å². The molecule has 0 saturated carbocycles. The average Bonchev–Trinajstić information content (AvgIpc) is 2.41. The molecule has 102 valence electrons. The van der Waals surface area contributed by atoms with Crippen molar-refractivity contribution in [3.8, 4) is 0 Å². The fourth-order valence-electron chi connectivity index (χ4n) is 2.44. The van der Waals surface area contributed by atoms with E-state index in [9.17, 15) is 0 Å². The minimum atomic E-state index is 0.674. The van der Waals surface area contributed by atoms with Crippen molar-refractivity contribution in [3.63, 3.8) is 0 Å². The summed E-state index contributed by atoms with van der Waals surface area (Å²) in [5.74, 6) is 0.674. The van der Waals surface area contributed by atoms with E-state index >= 15 is 0 Å². The van der Waals surface area contributed by atoms with E-state index in [1.165, 1.54) is 5.56 Å². The zero-order valence-electron chi connectivity index (χ0n) is 12.1. The first-order valence-corrected chi connectivity index (χ1v) is 6.96. The van der Waals surface area contributed by atoms with E-state index in [-0.39, 0.29) is 0 Å². The summed E-state index contributed by atoms with van der Waals surface area (Å²) in [4.78, 5) is 6.95. The lowest BCUT2D eigenvalue weighted by molar-refractivity contribution is 0.249. The van der Waals surface area contributed by atoms with Gasteiger partial charge in [0, 0.05) is 30.4 Å². The number of nitrogen functional groups attached to an aromatic ring is 1. The number of rotatable bonds is 5. The maximum atomic E-state index is 6.02. The number of aromatic nitrogens is 1. The second kappa shape index (κ2) is 6.02. The van der Waals surface area contributed by atoms with Crippen LogP contribution in [0.4, 0.5) is 5.69 Å². The molecule has 0 radical (unpaired) electrons. The molecule has 0 aliphatic rings. The van der Waals surface area contributed by atoms with Crippen LogP contribution in [0.25, 0.3) is 10.9 Å². The fourth-order valence-corrected chi connectivity index (χ4v) is 2.44. The van der Waals surface area contributed by atoms with Crippen LogP contribution in [0.5, 0.6) is 0 Å². The third-order valence-corrected chi connectivity index (χ3v) is 3.35. The van der Waals surface area contributed by atoms with Gasteiger partial charge in [0.05, 0.1) is 5.52 Å². The van der Waals surface area contributed by atoms with Crippen LogP contribution in [0.2, 0.25) is 0 Å². The van der Waals surface area contributed by atoms with E-state index in [2.05, 4.69) is 36.7 Å². The van der Waals surface area contributed by atoms with Gasteiger partial charge in [-0.2, -0.15) is 0 Å². The van der Waals surface area contributed by atoms with Gasteiger partial charge in [-0.05, 0) is 36.2 Å². The van der Waals surface area contributed by atoms with Gasteiger partial charge in [0.1, 0.15) is 0 Å². The summed E-state index contributed by atoms with van der Waals surface area (Å²) in [6.07, 6.45) is 1.84. The molecule has 0 saturated heterocycles. The van der Waals surface area contributed by atoms with Gasteiger partial charge in [-0.15, -0.1) is 0 Å². The highest BCUT2D eigenvalue weighted by molar-refractivity contribution is 5.92. The number of nitrogens with zero attached hydrogens (tertiary/aromatic N) is 2. The van der Waals surface area contributed by atoms with Crippen molar-refractivity contribution in [2.75, 3.05) is 18.8 Å². The highest BCUT2D eigenvalue weighted by Gasteiger charge is 2.10. The van der Waals surface area contributed by atoms with Crippen LogP contribution >= 0.6 is 0 Å². The summed E-state index contributed by atoms with van der Waals surface area (Å²) < 4.78 is 0. The van der Waals surface area contributed by atoms with Crippen LogP contribution in [0.3, 0.4) is 0 Å². The molecule has 0 aliphatic carbocycles. The first kappa shape index (κ1) is 13.8. The monoisotopic (exact) mass is 257 g/mol. The molecule has 0 spiro atoms. The quantitative estimate of drug-likeness (QED) is 0.836. The maximum Gasteiger partial charge on any atom is 0.0767 e. The van der Waals surface area contributed by atoms with Crippen molar-refractivity contribution in [1.29, 1.82) is 0 Å². The number of pyridine rings is 1. The summed E-state index contributed by atoms with van der Waals surface area (Å²) in [7, 11) is 0. The van der Waals surface area contributed by atoms with Gasteiger partial charge in [-0.1, -0.05) is 26.8 Å². The summed E-state index contributed by atoms with van der Waals surface area (Å²) >= 11 is 0. The molecular weight excluding hydrogens is 234 g/mol. The smallest absolute Gasteiger partial charge is 0.0767 e. The van der Waals surface area contributed by atoms with E-state index in [4.69, 9.17) is 5.73 Å². The normalized spacial score (nSPS) is 11.6. The molecule has 1 aromatic carbocycles. The van der Waals surface area contributed by atoms with Gasteiger partial charge < -0.3 is 5.73 Å². The fraction of sp³-hybridized carbons (Fsp3) is 0.438. The van der Waals surface area contributed by atoms with Gasteiger partial charge in [-0.25, -0.2) is 0 Å². The standard InChI is InChI=1S/C16H23N3/c1-4-19(10-12(2)3)11-13-7-8-15(17)14-6-5-9-18-16(13)14/h5-9,12H,4,10-11,17H2,1-3H3. The highest BCUT2D eigenvalue weighted by atomic mass is 15.1. The van der Waals surface area contributed by atoms with Crippen LogP contribution in [0, 0.1) is 5.92 Å². The van der Waals surface area contributed by atoms with Crippen molar-refractivity contribution < 1.29 is 0 Å². The van der Waals surface area contributed by atoms with Gasteiger partial charge >= 0.3 is 0 Å². The van der Waals surface area contributed by atoms with Crippen molar-refractivity contribution >= 4 is 16.6 Å². The number of fused-ring (bicyclic) bond motifs is 1. The summed E-state index contributed by atoms with van der Waals surface area (Å²) in [6, 6.07) is 8.07. The summed E-state index contributed by atoms with van der Waals surface area (Å²) in [5, 5.41) is 1.06. The average molecular weight is 257 g/mol. The first-order valence-electron chi connectivity index (χ1n) is 6.96. The zero-order valence-corrected chi connectivity index (χ0v) is 12.1. The molecule has 1 aromatic heterocycles. The third-order valence-electron chi connectivity index (χ3n) is 3.35. The predicted molar refractivity (Wildman–Crippen MR) is 81.9 cm³/mol. The molecule has 0 atom stereocenters. The van der Waals surface area contributed by atoms with E-state index in [0.717, 1.165) is 36.2 Å². The maximum absolute atomic E-state index is 6.02. The van der Waals surface area contributed by atoms with Gasteiger partial charge in [0.25, 0.3) is 0 Å². The molecule has 3 heteroatoms. The Bertz CT molecular complexity index is 549. The molecule has 2 rings (SSSR count). The third kappa shape index (κ3) is 3.24. The zero-order chi connectivity index (χ0) is 13.8. The molecule has 19 heavy (non-hydrogen) atoms. The summed E-state index contributed by atoms with van der Waals surface area (Å²) in [5.41, 5.74) is 9.11. The lowest BCUT2D eigenvalue weighted by Crippen LogP contribution is -2.27. The van der Waals surface area contributed by atoms with Crippen LogP contribution in [0.15, 0.2) is 30.5 Å². The van der Waals surface area contributed by atoms with Gasteiger partial charge in [0.15, 0.2) is 0 Å². The van der Waals surface area contributed by atoms with E-state index in [0.29, 0.717) is 5.92 Å². The topological polar surface area (TPSA) is 42.1 Å². The Balaban J connectivity index is 2.32. The number of benzene rings is 1. The molecule has 0 aliphatic heterocycles. The Hall–Kier alpha value is -1.61. The Kier molecular flexibility index (Phi) is 4.38. The molecule has 0 fully saturated rings. The molecule has 1 heterocycles. The van der Waals surface area contributed by atoms with Crippen molar-refractivity contribution in [2.45, 2.75) is 27.3 Å². The number of hydrogen-bond acceptors (Lipinski definition) is 3. The number of anilines is 1. The number of nitrogens with two attached hydrogens (primary N) is 1. The molecule has 0 unspecified atom stereocenters. The second-order valence-electron chi connectivity index (χ2n) is 5.44. The van der Waals surface area contributed by atoms with Gasteiger partial charge in [0.2, 0.25) is 0 Å². The molecular formula is C16H23N3. The second-order valence-corrected chi connectivity index (χ2v) is 5.44. The van der Waals surface area contributed by atoms with Crippen molar-refractivity contribution in [3.05, 3.63) is 36.0 Å². The lowest BCUT2D eigenvalue weighted by Gasteiger charge is -2.23. The number of hydrogen-bond donors (Lipinski definition) is 1. The van der Waals surface area contributed by atoms with Crippen LogP contribution < -0.4 is 5.73 Å². The van der Waals surface area contributed by atoms with Crippen LogP contribution in [0.1, 0.15) is 26.3 Å². The Labute approximate surface area is 115 Å². The lowest BCUT2D eigenvalue weighted by atomic mass is 10.1. The minimum Gasteiger partial charge on any atom is -0.398 e. The minimum absolute atomic E-state index is 0.674. The molecule has 2 N–H and O–H groups in total. The van der Waals surface area contributed by atoms with Crippen LogP contribution in [-0.2, 0) is 6.54 Å². The highest BCUT2D eigenvalue weighted by Crippen LogP contribution is 2.23. The van der Waals surface area contributed by atoms with E-state index in [1.807, 2.05) is 24.4 Å². The Morgan fingerprint density at radius 2 is 2.05 bits per heavy atom. The predicted octanol–water partition coefficient (Wildman–Crippen LogP) is 3.29. The van der Waals surface area contributed by atoms with Crippen molar-refractivity contribution in [2.24, 2.45) is 5.92 Å².